The first-order valence-corrected chi connectivity index (χ1v) is 9.41. The fourth-order valence-corrected chi connectivity index (χ4v) is 4.21. The fourth-order valence-electron chi connectivity index (χ4n) is 4.21. The molecule has 1 aliphatic carbocycles. The fraction of sp³-hybridized carbons (Fsp3) is 0.409. The summed E-state index contributed by atoms with van der Waals surface area (Å²) in [5, 5.41) is 3.32. The highest BCUT2D eigenvalue weighted by atomic mass is 16.2. The van der Waals surface area contributed by atoms with Gasteiger partial charge in [0.1, 0.15) is 0 Å². The zero-order chi connectivity index (χ0) is 17.2. The van der Waals surface area contributed by atoms with Crippen LogP contribution in [0.1, 0.15) is 48.1 Å². The second kappa shape index (κ2) is 7.01. The van der Waals surface area contributed by atoms with Gasteiger partial charge in [0.25, 0.3) is 0 Å². The molecule has 2 atom stereocenters. The van der Waals surface area contributed by atoms with Gasteiger partial charge in [0.2, 0.25) is 5.91 Å². The lowest BCUT2D eigenvalue weighted by molar-refractivity contribution is -0.127. The lowest BCUT2D eigenvalue weighted by Gasteiger charge is -2.34. The molecule has 0 radical (unpaired) electrons. The molecule has 0 unspecified atom stereocenters. The molecule has 0 saturated heterocycles. The maximum Gasteiger partial charge on any atom is 0.237 e. The number of rotatable bonds is 3. The smallest absolute Gasteiger partial charge is 0.237 e. The third-order valence-corrected chi connectivity index (χ3v) is 5.77. The molecular formula is C22H26N2O. The van der Waals surface area contributed by atoms with E-state index in [1.165, 1.54) is 22.3 Å². The van der Waals surface area contributed by atoms with Crippen LogP contribution in [0.5, 0.6) is 0 Å². The number of fused-ring (bicyclic) bond motifs is 2. The van der Waals surface area contributed by atoms with E-state index in [2.05, 4.69) is 58.7 Å². The number of amides is 1. The van der Waals surface area contributed by atoms with Crippen LogP contribution in [-0.4, -0.2) is 23.4 Å². The second-order valence-corrected chi connectivity index (χ2v) is 7.32. The van der Waals surface area contributed by atoms with E-state index in [0.29, 0.717) is 0 Å². The molecule has 1 N–H and O–H groups in total. The first-order valence-electron chi connectivity index (χ1n) is 9.41. The van der Waals surface area contributed by atoms with Crippen LogP contribution in [0.25, 0.3) is 0 Å². The van der Waals surface area contributed by atoms with Crippen molar-refractivity contribution >= 4 is 5.91 Å². The van der Waals surface area contributed by atoms with E-state index in [4.69, 9.17) is 0 Å². The molecule has 0 aromatic heterocycles. The summed E-state index contributed by atoms with van der Waals surface area (Å²) in [6, 6.07) is 17.2. The number of hydrogen-bond donors (Lipinski definition) is 1. The Morgan fingerprint density at radius 1 is 1.04 bits per heavy atom. The van der Waals surface area contributed by atoms with E-state index in [0.717, 1.165) is 38.8 Å². The molecule has 130 valence electrons. The predicted octanol–water partition coefficient (Wildman–Crippen LogP) is 3.63. The molecule has 1 aliphatic heterocycles. The maximum absolute atomic E-state index is 12.9. The Morgan fingerprint density at radius 2 is 1.76 bits per heavy atom. The summed E-state index contributed by atoms with van der Waals surface area (Å²) in [5.74, 6) is 0.154. The Hall–Kier alpha value is -2.13. The van der Waals surface area contributed by atoms with Crippen LogP contribution < -0.4 is 5.32 Å². The summed E-state index contributed by atoms with van der Waals surface area (Å²) in [4.78, 5) is 15.2. The highest BCUT2D eigenvalue weighted by Crippen LogP contribution is 2.29. The molecule has 1 amide bonds. The van der Waals surface area contributed by atoms with Crippen molar-refractivity contribution in [3.63, 3.8) is 0 Å². The minimum Gasteiger partial charge on any atom is -0.348 e. The SMILES string of the molecule is C[C@@H](C(=O)N[C@@H]1CCCc2ccccc21)N1CCc2ccccc2C1. The Kier molecular flexibility index (Phi) is 4.58. The standard InChI is InChI=1S/C22H26N2O/c1-16(24-14-13-17-7-2-3-9-19(17)15-24)22(25)23-21-12-6-10-18-8-4-5-11-20(18)21/h2-5,7-9,11,16,21H,6,10,12-15H2,1H3,(H,23,25)/t16-,21+/m0/s1. The van der Waals surface area contributed by atoms with E-state index in [9.17, 15) is 4.79 Å². The average Bonchev–Trinajstić information content (AvgIpc) is 2.67. The molecule has 3 nitrogen and oxygen atoms in total. The third kappa shape index (κ3) is 3.34. The van der Waals surface area contributed by atoms with Gasteiger partial charge in [-0.05, 0) is 54.9 Å². The number of hydrogen-bond acceptors (Lipinski definition) is 2. The van der Waals surface area contributed by atoms with Crippen LogP contribution in [0.4, 0.5) is 0 Å². The number of carbonyl (C=O) groups is 1. The Labute approximate surface area is 150 Å². The second-order valence-electron chi connectivity index (χ2n) is 7.32. The van der Waals surface area contributed by atoms with Crippen LogP contribution in [-0.2, 0) is 24.2 Å². The van der Waals surface area contributed by atoms with Crippen molar-refractivity contribution in [2.45, 2.75) is 51.2 Å². The molecule has 25 heavy (non-hydrogen) atoms. The van der Waals surface area contributed by atoms with Crippen molar-refractivity contribution in [2.75, 3.05) is 6.54 Å². The first-order chi connectivity index (χ1) is 12.2. The average molecular weight is 334 g/mol. The van der Waals surface area contributed by atoms with Crippen molar-refractivity contribution in [3.05, 3.63) is 70.8 Å². The summed E-state index contributed by atoms with van der Waals surface area (Å²) in [6.45, 7) is 3.86. The molecule has 4 rings (SSSR count). The quantitative estimate of drug-likeness (QED) is 0.930. The highest BCUT2D eigenvalue weighted by molar-refractivity contribution is 5.82. The number of nitrogens with one attached hydrogen (secondary N) is 1. The van der Waals surface area contributed by atoms with Crippen molar-refractivity contribution < 1.29 is 4.79 Å². The Bertz CT molecular complexity index is 770. The van der Waals surface area contributed by atoms with Gasteiger partial charge in [0.15, 0.2) is 0 Å². The summed E-state index contributed by atoms with van der Waals surface area (Å²) in [6.07, 6.45) is 4.34. The summed E-state index contributed by atoms with van der Waals surface area (Å²) in [5.41, 5.74) is 5.47. The van der Waals surface area contributed by atoms with Crippen LogP contribution in [0.3, 0.4) is 0 Å². The van der Waals surface area contributed by atoms with Gasteiger partial charge in [0.05, 0.1) is 12.1 Å². The Morgan fingerprint density at radius 3 is 2.60 bits per heavy atom. The first kappa shape index (κ1) is 16.3. The third-order valence-electron chi connectivity index (χ3n) is 5.77. The molecule has 2 aromatic rings. The van der Waals surface area contributed by atoms with Crippen molar-refractivity contribution in [1.29, 1.82) is 0 Å². The molecule has 0 bridgehead atoms. The summed E-state index contributed by atoms with van der Waals surface area (Å²) in [7, 11) is 0. The van der Waals surface area contributed by atoms with Crippen LogP contribution in [0.15, 0.2) is 48.5 Å². The van der Waals surface area contributed by atoms with Gasteiger partial charge < -0.3 is 5.32 Å². The Balaban J connectivity index is 1.44. The highest BCUT2D eigenvalue weighted by Gasteiger charge is 2.28. The van der Waals surface area contributed by atoms with Crippen molar-refractivity contribution in [1.82, 2.24) is 10.2 Å². The number of benzene rings is 2. The number of aryl methyl sites for hydroxylation is 1. The predicted molar refractivity (Wildman–Crippen MR) is 100 cm³/mol. The van der Waals surface area contributed by atoms with Crippen molar-refractivity contribution in [2.24, 2.45) is 0 Å². The molecule has 1 heterocycles. The molecule has 2 aromatic carbocycles. The lowest BCUT2D eigenvalue weighted by Crippen LogP contribution is -2.48. The largest absolute Gasteiger partial charge is 0.348 e. The zero-order valence-corrected chi connectivity index (χ0v) is 14.9. The molecule has 0 saturated carbocycles. The van der Waals surface area contributed by atoms with Gasteiger partial charge in [-0.1, -0.05) is 48.5 Å². The minimum atomic E-state index is -0.0950. The van der Waals surface area contributed by atoms with Crippen LogP contribution in [0.2, 0.25) is 0 Å². The van der Waals surface area contributed by atoms with E-state index < -0.39 is 0 Å². The van der Waals surface area contributed by atoms with Crippen LogP contribution >= 0.6 is 0 Å². The van der Waals surface area contributed by atoms with Gasteiger partial charge in [-0.3, -0.25) is 9.69 Å². The normalized spacial score (nSPS) is 21.1. The van der Waals surface area contributed by atoms with Gasteiger partial charge in [-0.25, -0.2) is 0 Å². The van der Waals surface area contributed by atoms with Gasteiger partial charge >= 0.3 is 0 Å². The van der Waals surface area contributed by atoms with E-state index in [1.54, 1.807) is 0 Å². The number of nitrogens with zero attached hydrogens (tertiary/aromatic N) is 1. The zero-order valence-electron chi connectivity index (χ0n) is 14.9. The minimum absolute atomic E-state index is 0.0950. The molecular weight excluding hydrogens is 308 g/mol. The van der Waals surface area contributed by atoms with Gasteiger partial charge in [0, 0.05) is 13.1 Å². The number of carbonyl (C=O) groups excluding carboxylic acids is 1. The van der Waals surface area contributed by atoms with Gasteiger partial charge in [-0.15, -0.1) is 0 Å². The summed E-state index contributed by atoms with van der Waals surface area (Å²) >= 11 is 0. The lowest BCUT2D eigenvalue weighted by atomic mass is 9.87. The molecule has 3 heteroatoms. The monoisotopic (exact) mass is 334 g/mol. The van der Waals surface area contributed by atoms with E-state index in [1.807, 2.05) is 6.92 Å². The van der Waals surface area contributed by atoms with Crippen LogP contribution in [0, 0.1) is 0 Å². The maximum atomic E-state index is 12.9. The molecule has 2 aliphatic rings. The molecule has 0 fully saturated rings. The molecule has 0 spiro atoms. The van der Waals surface area contributed by atoms with E-state index >= 15 is 0 Å². The topological polar surface area (TPSA) is 32.3 Å². The summed E-state index contributed by atoms with van der Waals surface area (Å²) < 4.78 is 0. The van der Waals surface area contributed by atoms with E-state index in [-0.39, 0.29) is 18.0 Å². The van der Waals surface area contributed by atoms with Gasteiger partial charge in [-0.2, -0.15) is 0 Å². The van der Waals surface area contributed by atoms with Crippen molar-refractivity contribution in [3.8, 4) is 0 Å².